The third-order valence-corrected chi connectivity index (χ3v) is 3.64. The van der Waals surface area contributed by atoms with Gasteiger partial charge < -0.3 is 9.97 Å². The standard InChI is InChI=1S/C16H12N4O/c1-9-4-11(5-10-2-3-14(21)20-15(9)10)12-6-13-16(17-7-12)19-8-18-13/h2-8H,1H3,(H,20,21)(H,17,18,19). The van der Waals surface area contributed by atoms with Crippen molar-refractivity contribution in [2.24, 2.45) is 0 Å². The van der Waals surface area contributed by atoms with Crippen LogP contribution in [0.4, 0.5) is 0 Å². The van der Waals surface area contributed by atoms with Crippen molar-refractivity contribution < 1.29 is 0 Å². The summed E-state index contributed by atoms with van der Waals surface area (Å²) < 4.78 is 0. The summed E-state index contributed by atoms with van der Waals surface area (Å²) in [5.41, 5.74) is 5.52. The predicted molar refractivity (Wildman–Crippen MR) is 82.2 cm³/mol. The minimum atomic E-state index is -0.0844. The third-order valence-electron chi connectivity index (χ3n) is 3.64. The molecule has 1 aromatic carbocycles. The van der Waals surface area contributed by atoms with Crippen LogP contribution >= 0.6 is 0 Å². The van der Waals surface area contributed by atoms with Gasteiger partial charge in [-0.15, -0.1) is 0 Å². The molecule has 102 valence electrons. The molecule has 0 aliphatic rings. The fourth-order valence-electron chi connectivity index (χ4n) is 2.60. The largest absolute Gasteiger partial charge is 0.343 e. The first-order valence-corrected chi connectivity index (χ1v) is 6.64. The van der Waals surface area contributed by atoms with Crippen LogP contribution in [0.25, 0.3) is 33.2 Å². The van der Waals surface area contributed by atoms with Gasteiger partial charge in [-0.3, -0.25) is 4.79 Å². The Kier molecular flexibility index (Phi) is 2.41. The van der Waals surface area contributed by atoms with E-state index in [9.17, 15) is 4.79 Å². The molecule has 0 spiro atoms. The number of imidazole rings is 1. The summed E-state index contributed by atoms with van der Waals surface area (Å²) >= 11 is 0. The molecule has 4 aromatic rings. The normalized spacial score (nSPS) is 11.3. The average molecular weight is 276 g/mol. The second-order valence-electron chi connectivity index (χ2n) is 5.08. The Labute approximate surface area is 119 Å². The lowest BCUT2D eigenvalue weighted by Gasteiger charge is -2.07. The maximum atomic E-state index is 11.4. The molecule has 0 unspecified atom stereocenters. The lowest BCUT2D eigenvalue weighted by Crippen LogP contribution is -2.03. The molecule has 3 aromatic heterocycles. The highest BCUT2D eigenvalue weighted by Gasteiger charge is 2.06. The SMILES string of the molecule is Cc1cc(-c2cnc3nc[nH]c3c2)cc2ccc(=O)[nH]c12. The van der Waals surface area contributed by atoms with E-state index in [0.29, 0.717) is 5.65 Å². The first-order valence-electron chi connectivity index (χ1n) is 6.64. The van der Waals surface area contributed by atoms with Gasteiger partial charge in [0.25, 0.3) is 0 Å². The number of aromatic nitrogens is 4. The van der Waals surface area contributed by atoms with Crippen molar-refractivity contribution >= 4 is 22.1 Å². The highest BCUT2D eigenvalue weighted by molar-refractivity contribution is 5.88. The molecule has 0 fully saturated rings. The average Bonchev–Trinajstić information content (AvgIpc) is 2.95. The number of fused-ring (bicyclic) bond motifs is 2. The summed E-state index contributed by atoms with van der Waals surface area (Å²) in [7, 11) is 0. The lowest BCUT2D eigenvalue weighted by atomic mass is 10.0. The van der Waals surface area contributed by atoms with Gasteiger partial charge in [0, 0.05) is 17.8 Å². The van der Waals surface area contributed by atoms with Crippen LogP contribution < -0.4 is 5.56 Å². The molecule has 5 heteroatoms. The molecule has 0 radical (unpaired) electrons. The van der Waals surface area contributed by atoms with Crippen LogP contribution in [0.2, 0.25) is 0 Å². The van der Waals surface area contributed by atoms with Crippen LogP contribution in [0.1, 0.15) is 5.56 Å². The van der Waals surface area contributed by atoms with Gasteiger partial charge in [-0.1, -0.05) is 0 Å². The Balaban J connectivity index is 1.97. The highest BCUT2D eigenvalue weighted by Crippen LogP contribution is 2.26. The number of rotatable bonds is 1. The van der Waals surface area contributed by atoms with Crippen LogP contribution in [0.3, 0.4) is 0 Å². The summed E-state index contributed by atoms with van der Waals surface area (Å²) in [6.07, 6.45) is 3.45. The van der Waals surface area contributed by atoms with E-state index in [1.165, 1.54) is 0 Å². The topological polar surface area (TPSA) is 74.4 Å². The quantitative estimate of drug-likeness (QED) is 0.561. The summed E-state index contributed by atoms with van der Waals surface area (Å²) in [5.74, 6) is 0. The lowest BCUT2D eigenvalue weighted by molar-refractivity contribution is 1.28. The van der Waals surface area contributed by atoms with Crippen LogP contribution in [0, 0.1) is 6.92 Å². The fourth-order valence-corrected chi connectivity index (χ4v) is 2.60. The second kappa shape index (κ2) is 4.28. The van der Waals surface area contributed by atoms with Crippen molar-refractivity contribution in [1.29, 1.82) is 0 Å². The highest BCUT2D eigenvalue weighted by atomic mass is 16.1. The number of hydrogen-bond acceptors (Lipinski definition) is 3. The molecule has 5 nitrogen and oxygen atoms in total. The van der Waals surface area contributed by atoms with E-state index in [1.54, 1.807) is 12.4 Å². The molecule has 21 heavy (non-hydrogen) atoms. The summed E-state index contributed by atoms with van der Waals surface area (Å²) in [6, 6.07) is 9.52. The molecule has 4 rings (SSSR count). The maximum Gasteiger partial charge on any atom is 0.248 e. The minimum absolute atomic E-state index is 0.0844. The van der Waals surface area contributed by atoms with Gasteiger partial charge in [0.1, 0.15) is 0 Å². The maximum absolute atomic E-state index is 11.4. The zero-order valence-electron chi connectivity index (χ0n) is 11.3. The molecule has 2 N–H and O–H groups in total. The summed E-state index contributed by atoms with van der Waals surface area (Å²) in [5, 5.41) is 1.01. The number of pyridine rings is 2. The van der Waals surface area contributed by atoms with Gasteiger partial charge in [0.15, 0.2) is 5.65 Å². The van der Waals surface area contributed by atoms with Crippen LogP contribution in [-0.2, 0) is 0 Å². The van der Waals surface area contributed by atoms with Crippen molar-refractivity contribution in [3.8, 4) is 11.1 Å². The predicted octanol–water partition coefficient (Wildman–Crippen LogP) is 2.77. The molecule has 0 aliphatic carbocycles. The zero-order chi connectivity index (χ0) is 14.4. The molecule has 0 aliphatic heterocycles. The van der Waals surface area contributed by atoms with Gasteiger partial charge >= 0.3 is 0 Å². The van der Waals surface area contributed by atoms with Gasteiger partial charge in [-0.2, -0.15) is 0 Å². The number of hydrogen-bond donors (Lipinski definition) is 2. The van der Waals surface area contributed by atoms with Crippen molar-refractivity contribution in [3.05, 3.63) is 58.8 Å². The number of H-pyrrole nitrogens is 2. The van der Waals surface area contributed by atoms with Gasteiger partial charge in [0.05, 0.1) is 17.4 Å². The molecular formula is C16H12N4O. The van der Waals surface area contributed by atoms with Crippen LogP contribution in [-0.4, -0.2) is 19.9 Å². The van der Waals surface area contributed by atoms with E-state index in [4.69, 9.17) is 0 Å². The van der Waals surface area contributed by atoms with Crippen LogP contribution in [0.15, 0.2) is 47.7 Å². The molecule has 0 amide bonds. The Hall–Kier alpha value is -2.95. The van der Waals surface area contributed by atoms with E-state index in [-0.39, 0.29) is 5.56 Å². The van der Waals surface area contributed by atoms with E-state index in [2.05, 4.69) is 32.1 Å². The van der Waals surface area contributed by atoms with Crippen molar-refractivity contribution in [3.63, 3.8) is 0 Å². The van der Waals surface area contributed by atoms with Crippen molar-refractivity contribution in [2.75, 3.05) is 0 Å². The minimum Gasteiger partial charge on any atom is -0.343 e. The third kappa shape index (κ3) is 1.90. The number of nitrogens with one attached hydrogen (secondary N) is 2. The monoisotopic (exact) mass is 276 g/mol. The molecule has 0 bridgehead atoms. The number of aryl methyl sites for hydroxylation is 1. The molecule has 0 atom stereocenters. The van der Waals surface area contributed by atoms with E-state index < -0.39 is 0 Å². The Morgan fingerprint density at radius 2 is 1.95 bits per heavy atom. The molecule has 3 heterocycles. The first kappa shape index (κ1) is 11.8. The van der Waals surface area contributed by atoms with E-state index in [1.807, 2.05) is 25.3 Å². The number of aromatic amines is 2. The Morgan fingerprint density at radius 1 is 1.05 bits per heavy atom. The molecule has 0 saturated carbocycles. The summed E-state index contributed by atoms with van der Waals surface area (Å²) in [6.45, 7) is 1.99. The Bertz CT molecular complexity index is 1030. The smallest absolute Gasteiger partial charge is 0.248 e. The van der Waals surface area contributed by atoms with E-state index in [0.717, 1.165) is 33.1 Å². The zero-order valence-corrected chi connectivity index (χ0v) is 11.3. The number of nitrogens with zero attached hydrogens (tertiary/aromatic N) is 2. The van der Waals surface area contributed by atoms with Crippen molar-refractivity contribution in [1.82, 2.24) is 19.9 Å². The van der Waals surface area contributed by atoms with Crippen molar-refractivity contribution in [2.45, 2.75) is 6.92 Å². The molecule has 0 saturated heterocycles. The fraction of sp³-hybridized carbons (Fsp3) is 0.0625. The number of benzene rings is 1. The summed E-state index contributed by atoms with van der Waals surface area (Å²) in [4.78, 5) is 25.8. The molecular weight excluding hydrogens is 264 g/mol. The van der Waals surface area contributed by atoms with Gasteiger partial charge in [-0.25, -0.2) is 9.97 Å². The van der Waals surface area contributed by atoms with Gasteiger partial charge in [-0.05, 0) is 47.7 Å². The van der Waals surface area contributed by atoms with E-state index >= 15 is 0 Å². The first-order chi connectivity index (χ1) is 10.2. The Morgan fingerprint density at radius 3 is 2.86 bits per heavy atom. The van der Waals surface area contributed by atoms with Crippen LogP contribution in [0.5, 0.6) is 0 Å². The van der Waals surface area contributed by atoms with Gasteiger partial charge in [0.2, 0.25) is 5.56 Å². The second-order valence-corrected chi connectivity index (χ2v) is 5.08.